The summed E-state index contributed by atoms with van der Waals surface area (Å²) in [7, 11) is 0. The highest BCUT2D eigenvalue weighted by atomic mass is 16.5. The number of hydrogen-bond donors (Lipinski definition) is 1. The third kappa shape index (κ3) is 1.80. The minimum atomic E-state index is -0.156. The van der Waals surface area contributed by atoms with Crippen LogP contribution in [0.2, 0.25) is 0 Å². The molecule has 1 aliphatic carbocycles. The van der Waals surface area contributed by atoms with Gasteiger partial charge in [0.2, 0.25) is 0 Å². The molecular weight excluding hydrogens is 180 g/mol. The summed E-state index contributed by atoms with van der Waals surface area (Å²) in [6, 6.07) is 0. The molecule has 0 aliphatic heterocycles. The van der Waals surface area contributed by atoms with Gasteiger partial charge in [0.05, 0.1) is 0 Å². The summed E-state index contributed by atoms with van der Waals surface area (Å²) in [4.78, 5) is 4.15. The Balaban J connectivity index is 2.02. The van der Waals surface area contributed by atoms with E-state index in [1.807, 2.05) is 0 Å². The standard InChI is InChI=1S/C10H16N2O2/c1-2-7-3-4-8(5-7)10-11-9(6-13)14-12-10/h7-8,13H,2-6H2,1H3. The highest BCUT2D eigenvalue weighted by Gasteiger charge is 2.28. The maximum atomic E-state index is 8.80. The predicted molar refractivity (Wildman–Crippen MR) is 50.6 cm³/mol. The average Bonchev–Trinajstić information content (AvgIpc) is 2.86. The Morgan fingerprint density at radius 1 is 1.50 bits per heavy atom. The van der Waals surface area contributed by atoms with Crippen LogP contribution in [-0.4, -0.2) is 15.2 Å². The van der Waals surface area contributed by atoms with Crippen LogP contribution in [-0.2, 0) is 6.61 Å². The van der Waals surface area contributed by atoms with Crippen molar-refractivity contribution in [3.8, 4) is 0 Å². The number of aliphatic hydroxyl groups excluding tert-OH is 1. The van der Waals surface area contributed by atoms with E-state index in [9.17, 15) is 0 Å². The van der Waals surface area contributed by atoms with Crippen molar-refractivity contribution in [1.29, 1.82) is 0 Å². The van der Waals surface area contributed by atoms with E-state index < -0.39 is 0 Å². The lowest BCUT2D eigenvalue weighted by atomic mass is 10.0. The summed E-state index contributed by atoms with van der Waals surface area (Å²) < 4.78 is 4.88. The van der Waals surface area contributed by atoms with Crippen molar-refractivity contribution in [1.82, 2.24) is 10.1 Å². The van der Waals surface area contributed by atoms with Gasteiger partial charge in [0.1, 0.15) is 6.61 Å². The Hall–Kier alpha value is -0.900. The molecule has 1 N–H and O–H groups in total. The van der Waals surface area contributed by atoms with E-state index >= 15 is 0 Å². The molecule has 0 bridgehead atoms. The van der Waals surface area contributed by atoms with Gasteiger partial charge in [-0.1, -0.05) is 18.5 Å². The molecule has 78 valence electrons. The minimum Gasteiger partial charge on any atom is -0.387 e. The van der Waals surface area contributed by atoms with Crippen LogP contribution in [0.25, 0.3) is 0 Å². The van der Waals surface area contributed by atoms with Crippen molar-refractivity contribution in [2.24, 2.45) is 5.92 Å². The van der Waals surface area contributed by atoms with Gasteiger partial charge in [-0.2, -0.15) is 4.98 Å². The molecule has 4 nitrogen and oxygen atoms in total. The normalized spacial score (nSPS) is 27.0. The zero-order chi connectivity index (χ0) is 9.97. The minimum absolute atomic E-state index is 0.156. The summed E-state index contributed by atoms with van der Waals surface area (Å²) in [6.45, 7) is 2.07. The molecule has 0 saturated heterocycles. The van der Waals surface area contributed by atoms with Crippen LogP contribution < -0.4 is 0 Å². The molecule has 2 unspecified atom stereocenters. The molecule has 0 aromatic carbocycles. The smallest absolute Gasteiger partial charge is 0.252 e. The highest BCUT2D eigenvalue weighted by Crippen LogP contribution is 2.38. The first-order valence-electron chi connectivity index (χ1n) is 5.26. The third-order valence-electron chi connectivity index (χ3n) is 3.10. The maximum absolute atomic E-state index is 8.80. The van der Waals surface area contributed by atoms with Gasteiger partial charge in [-0.25, -0.2) is 0 Å². The monoisotopic (exact) mass is 196 g/mol. The molecule has 1 aromatic rings. The summed E-state index contributed by atoms with van der Waals surface area (Å²) >= 11 is 0. The number of hydrogen-bond acceptors (Lipinski definition) is 4. The van der Waals surface area contributed by atoms with E-state index in [1.54, 1.807) is 0 Å². The van der Waals surface area contributed by atoms with Crippen LogP contribution >= 0.6 is 0 Å². The number of aliphatic hydroxyl groups is 1. The Labute approximate surface area is 83.3 Å². The van der Waals surface area contributed by atoms with Gasteiger partial charge in [-0.05, 0) is 25.2 Å². The zero-order valence-electron chi connectivity index (χ0n) is 8.44. The molecule has 2 rings (SSSR count). The molecule has 0 amide bonds. The van der Waals surface area contributed by atoms with Crippen molar-refractivity contribution in [2.45, 2.75) is 45.1 Å². The first kappa shape index (κ1) is 9.65. The van der Waals surface area contributed by atoms with Gasteiger partial charge in [0.25, 0.3) is 5.89 Å². The molecule has 2 atom stereocenters. The number of rotatable bonds is 3. The maximum Gasteiger partial charge on any atom is 0.252 e. The average molecular weight is 196 g/mol. The molecule has 1 aliphatic rings. The van der Waals surface area contributed by atoms with E-state index in [2.05, 4.69) is 17.1 Å². The van der Waals surface area contributed by atoms with Crippen molar-refractivity contribution in [3.63, 3.8) is 0 Å². The molecule has 1 fully saturated rings. The Morgan fingerprint density at radius 2 is 2.36 bits per heavy atom. The summed E-state index contributed by atoms with van der Waals surface area (Å²) in [5.41, 5.74) is 0. The fourth-order valence-corrected chi connectivity index (χ4v) is 2.18. The van der Waals surface area contributed by atoms with E-state index in [0.717, 1.165) is 18.2 Å². The SMILES string of the molecule is CCC1CCC(c2noc(CO)n2)C1. The van der Waals surface area contributed by atoms with E-state index in [0.29, 0.717) is 11.8 Å². The van der Waals surface area contributed by atoms with Gasteiger partial charge >= 0.3 is 0 Å². The predicted octanol–water partition coefficient (Wildman–Crippen LogP) is 1.86. The van der Waals surface area contributed by atoms with Crippen molar-refractivity contribution in [3.05, 3.63) is 11.7 Å². The van der Waals surface area contributed by atoms with Gasteiger partial charge in [-0.15, -0.1) is 0 Å². The second-order valence-corrected chi connectivity index (χ2v) is 3.99. The fraction of sp³-hybridized carbons (Fsp3) is 0.800. The Kier molecular flexibility index (Phi) is 2.82. The lowest BCUT2D eigenvalue weighted by molar-refractivity contribution is 0.222. The Bertz CT molecular complexity index is 298. The highest BCUT2D eigenvalue weighted by molar-refractivity contribution is 4.99. The first-order chi connectivity index (χ1) is 6.83. The van der Waals surface area contributed by atoms with Crippen LogP contribution in [0.4, 0.5) is 0 Å². The first-order valence-corrected chi connectivity index (χ1v) is 5.26. The van der Waals surface area contributed by atoms with Crippen LogP contribution in [0, 0.1) is 5.92 Å². The second kappa shape index (κ2) is 4.09. The summed E-state index contributed by atoms with van der Waals surface area (Å²) in [5, 5.41) is 12.7. The summed E-state index contributed by atoms with van der Waals surface area (Å²) in [5.74, 6) is 2.38. The lowest BCUT2D eigenvalue weighted by Gasteiger charge is -2.04. The van der Waals surface area contributed by atoms with Crippen LogP contribution in [0.5, 0.6) is 0 Å². The molecule has 0 spiro atoms. The van der Waals surface area contributed by atoms with Gasteiger partial charge in [0, 0.05) is 5.92 Å². The molecule has 0 radical (unpaired) electrons. The quantitative estimate of drug-likeness (QED) is 0.801. The third-order valence-corrected chi connectivity index (χ3v) is 3.10. The second-order valence-electron chi connectivity index (χ2n) is 3.99. The molecule has 1 heterocycles. The van der Waals surface area contributed by atoms with E-state index in [1.165, 1.54) is 19.3 Å². The molecule has 4 heteroatoms. The molecule has 1 aromatic heterocycles. The van der Waals surface area contributed by atoms with Gasteiger partial charge < -0.3 is 9.63 Å². The fourth-order valence-electron chi connectivity index (χ4n) is 2.18. The topological polar surface area (TPSA) is 59.2 Å². The number of nitrogens with zero attached hydrogens (tertiary/aromatic N) is 2. The van der Waals surface area contributed by atoms with Crippen molar-refractivity contribution < 1.29 is 9.63 Å². The van der Waals surface area contributed by atoms with Gasteiger partial charge in [0.15, 0.2) is 5.82 Å². The van der Waals surface area contributed by atoms with Gasteiger partial charge in [-0.3, -0.25) is 0 Å². The molecule has 1 saturated carbocycles. The van der Waals surface area contributed by atoms with Crippen LogP contribution in [0.3, 0.4) is 0 Å². The number of aromatic nitrogens is 2. The summed E-state index contributed by atoms with van der Waals surface area (Å²) in [6.07, 6.45) is 4.83. The largest absolute Gasteiger partial charge is 0.387 e. The van der Waals surface area contributed by atoms with Crippen LogP contribution in [0.15, 0.2) is 4.52 Å². The Morgan fingerprint density at radius 3 is 2.93 bits per heavy atom. The van der Waals surface area contributed by atoms with Crippen molar-refractivity contribution in [2.75, 3.05) is 0 Å². The zero-order valence-corrected chi connectivity index (χ0v) is 8.44. The van der Waals surface area contributed by atoms with Crippen LogP contribution in [0.1, 0.15) is 50.2 Å². The van der Waals surface area contributed by atoms with E-state index in [4.69, 9.17) is 9.63 Å². The molecular formula is C10H16N2O2. The molecule has 14 heavy (non-hydrogen) atoms. The van der Waals surface area contributed by atoms with Crippen molar-refractivity contribution >= 4 is 0 Å². The van der Waals surface area contributed by atoms with E-state index in [-0.39, 0.29) is 6.61 Å². The lowest BCUT2D eigenvalue weighted by Crippen LogP contribution is -1.97.